The second kappa shape index (κ2) is 7.31. The molecule has 0 unspecified atom stereocenters. The fraction of sp³-hybridized carbons (Fsp3) is 0.636. The molecule has 0 radical (unpaired) electrons. The Morgan fingerprint density at radius 2 is 1.80 bits per heavy atom. The minimum absolute atomic E-state index is 0.214. The van der Waals surface area contributed by atoms with E-state index in [9.17, 15) is 19.2 Å². The number of nitrogens with zero attached hydrogens (tertiary/aromatic N) is 1. The molecule has 1 rings (SSSR count). The van der Waals surface area contributed by atoms with Gasteiger partial charge in [0.2, 0.25) is 11.8 Å². The Morgan fingerprint density at radius 3 is 2.30 bits per heavy atom. The zero-order valence-corrected chi connectivity index (χ0v) is 10.9. The van der Waals surface area contributed by atoms with Crippen molar-refractivity contribution in [2.75, 3.05) is 19.6 Å². The van der Waals surface area contributed by atoms with Crippen LogP contribution in [0.2, 0.25) is 0 Å². The first kappa shape index (κ1) is 15.7. The SMILES string of the molecule is NC(=O)C[C@H](NC(=O)NCC(=O)N1CCCC1)C(=O)O. The lowest BCUT2D eigenvalue weighted by molar-refractivity contribution is -0.140. The summed E-state index contributed by atoms with van der Waals surface area (Å²) in [5.41, 5.74) is 4.88. The predicted octanol–water partition coefficient (Wildman–Crippen LogP) is -1.76. The Morgan fingerprint density at radius 1 is 1.20 bits per heavy atom. The van der Waals surface area contributed by atoms with Gasteiger partial charge in [-0.2, -0.15) is 0 Å². The van der Waals surface area contributed by atoms with Crippen LogP contribution in [0.15, 0.2) is 0 Å². The van der Waals surface area contributed by atoms with Gasteiger partial charge in [0.25, 0.3) is 0 Å². The number of carboxylic acid groups (broad SMARTS) is 1. The number of hydrogen-bond donors (Lipinski definition) is 4. The highest BCUT2D eigenvalue weighted by molar-refractivity contribution is 5.89. The molecule has 0 bridgehead atoms. The van der Waals surface area contributed by atoms with Crippen LogP contribution in [0.1, 0.15) is 19.3 Å². The molecule has 0 aromatic rings. The van der Waals surface area contributed by atoms with Gasteiger partial charge < -0.3 is 26.4 Å². The van der Waals surface area contributed by atoms with Crippen molar-refractivity contribution >= 4 is 23.8 Å². The molecule has 0 aromatic carbocycles. The van der Waals surface area contributed by atoms with Crippen LogP contribution in [-0.2, 0) is 14.4 Å². The molecule has 0 aliphatic carbocycles. The van der Waals surface area contributed by atoms with Gasteiger partial charge in [0.05, 0.1) is 13.0 Å². The van der Waals surface area contributed by atoms with Gasteiger partial charge in [0.1, 0.15) is 6.04 Å². The van der Waals surface area contributed by atoms with Crippen molar-refractivity contribution in [3.8, 4) is 0 Å². The first-order chi connectivity index (χ1) is 9.40. The molecule has 4 amide bonds. The summed E-state index contributed by atoms with van der Waals surface area (Å²) in [5.74, 6) is -2.44. The maximum atomic E-state index is 11.6. The second-order valence-electron chi connectivity index (χ2n) is 4.48. The number of aliphatic carboxylic acids is 1. The van der Waals surface area contributed by atoms with Crippen LogP contribution in [0.3, 0.4) is 0 Å². The van der Waals surface area contributed by atoms with Gasteiger partial charge >= 0.3 is 12.0 Å². The lowest BCUT2D eigenvalue weighted by atomic mass is 10.2. The molecule has 1 atom stereocenters. The van der Waals surface area contributed by atoms with E-state index >= 15 is 0 Å². The largest absolute Gasteiger partial charge is 0.480 e. The molecule has 1 aliphatic rings. The summed E-state index contributed by atoms with van der Waals surface area (Å²) in [6, 6.07) is -2.24. The third kappa shape index (κ3) is 5.12. The van der Waals surface area contributed by atoms with E-state index in [1.54, 1.807) is 4.90 Å². The number of nitrogens with two attached hydrogens (primary N) is 1. The number of carbonyl (C=O) groups excluding carboxylic acids is 3. The summed E-state index contributed by atoms with van der Waals surface area (Å²) in [6.45, 7) is 1.12. The smallest absolute Gasteiger partial charge is 0.326 e. The average Bonchev–Trinajstić information content (AvgIpc) is 2.88. The van der Waals surface area contributed by atoms with Gasteiger partial charge in [-0.05, 0) is 12.8 Å². The van der Waals surface area contributed by atoms with Crippen LogP contribution in [-0.4, -0.2) is 59.5 Å². The Kier molecular flexibility index (Phi) is 5.75. The number of primary amides is 1. The minimum Gasteiger partial charge on any atom is -0.480 e. The highest BCUT2D eigenvalue weighted by Crippen LogP contribution is 2.06. The van der Waals surface area contributed by atoms with Crippen LogP contribution in [0.4, 0.5) is 4.79 Å². The predicted molar refractivity (Wildman–Crippen MR) is 67.6 cm³/mol. The lowest BCUT2D eigenvalue weighted by Gasteiger charge is -2.17. The Hall–Kier alpha value is -2.32. The lowest BCUT2D eigenvalue weighted by Crippen LogP contribution is -2.49. The van der Waals surface area contributed by atoms with Gasteiger partial charge in [0, 0.05) is 13.1 Å². The molecule has 112 valence electrons. The number of amides is 4. The van der Waals surface area contributed by atoms with Crippen molar-refractivity contribution in [2.24, 2.45) is 5.73 Å². The van der Waals surface area contributed by atoms with Crippen LogP contribution in [0.25, 0.3) is 0 Å². The zero-order valence-electron chi connectivity index (χ0n) is 10.9. The topological polar surface area (TPSA) is 142 Å². The van der Waals surface area contributed by atoms with E-state index in [0.717, 1.165) is 12.8 Å². The van der Waals surface area contributed by atoms with Gasteiger partial charge in [-0.25, -0.2) is 9.59 Å². The number of likely N-dealkylation sites (tertiary alicyclic amines) is 1. The Labute approximate surface area is 115 Å². The molecule has 1 aliphatic heterocycles. The van der Waals surface area contributed by atoms with Gasteiger partial charge in [-0.3, -0.25) is 9.59 Å². The molecule has 0 spiro atoms. The summed E-state index contributed by atoms with van der Waals surface area (Å²) in [7, 11) is 0. The molecule has 1 heterocycles. The number of carbonyl (C=O) groups is 4. The molecule has 0 saturated carbocycles. The first-order valence-electron chi connectivity index (χ1n) is 6.23. The van der Waals surface area contributed by atoms with E-state index in [4.69, 9.17) is 10.8 Å². The molecular formula is C11H18N4O5. The normalized spacial score (nSPS) is 15.5. The van der Waals surface area contributed by atoms with Crippen LogP contribution < -0.4 is 16.4 Å². The number of hydrogen-bond acceptors (Lipinski definition) is 4. The molecule has 9 nitrogen and oxygen atoms in total. The van der Waals surface area contributed by atoms with Gasteiger partial charge in [-0.1, -0.05) is 0 Å². The van der Waals surface area contributed by atoms with Crippen molar-refractivity contribution in [3.05, 3.63) is 0 Å². The third-order valence-electron chi connectivity index (χ3n) is 2.87. The summed E-state index contributed by atoms with van der Waals surface area (Å²) in [4.78, 5) is 46.2. The molecule has 0 aromatic heterocycles. The Bertz CT molecular complexity index is 406. The summed E-state index contributed by atoms with van der Waals surface area (Å²) < 4.78 is 0. The van der Waals surface area contributed by atoms with Crippen LogP contribution in [0, 0.1) is 0 Å². The monoisotopic (exact) mass is 286 g/mol. The minimum atomic E-state index is -1.41. The van der Waals surface area contributed by atoms with Crippen molar-refractivity contribution in [2.45, 2.75) is 25.3 Å². The number of urea groups is 1. The number of nitrogens with one attached hydrogen (secondary N) is 2. The molecule has 5 N–H and O–H groups in total. The summed E-state index contributed by atoms with van der Waals surface area (Å²) in [5, 5.41) is 13.1. The summed E-state index contributed by atoms with van der Waals surface area (Å²) in [6.07, 6.45) is 1.37. The second-order valence-corrected chi connectivity index (χ2v) is 4.48. The van der Waals surface area contributed by atoms with Crippen molar-refractivity contribution in [1.29, 1.82) is 0 Å². The number of carboxylic acids is 1. The van der Waals surface area contributed by atoms with Crippen molar-refractivity contribution in [3.63, 3.8) is 0 Å². The van der Waals surface area contributed by atoms with E-state index in [2.05, 4.69) is 10.6 Å². The Balaban J connectivity index is 2.35. The van der Waals surface area contributed by atoms with E-state index < -0.39 is 30.4 Å². The van der Waals surface area contributed by atoms with Crippen molar-refractivity contribution < 1.29 is 24.3 Å². The fourth-order valence-corrected chi connectivity index (χ4v) is 1.84. The van der Waals surface area contributed by atoms with Crippen molar-refractivity contribution in [1.82, 2.24) is 15.5 Å². The van der Waals surface area contributed by atoms with Crippen LogP contribution >= 0.6 is 0 Å². The first-order valence-corrected chi connectivity index (χ1v) is 6.23. The zero-order chi connectivity index (χ0) is 15.1. The van der Waals surface area contributed by atoms with E-state index in [1.807, 2.05) is 0 Å². The van der Waals surface area contributed by atoms with E-state index in [-0.39, 0.29) is 12.5 Å². The maximum Gasteiger partial charge on any atom is 0.326 e. The molecular weight excluding hydrogens is 268 g/mol. The molecule has 20 heavy (non-hydrogen) atoms. The molecule has 9 heteroatoms. The highest BCUT2D eigenvalue weighted by atomic mass is 16.4. The third-order valence-corrected chi connectivity index (χ3v) is 2.87. The van der Waals surface area contributed by atoms with Gasteiger partial charge in [-0.15, -0.1) is 0 Å². The average molecular weight is 286 g/mol. The fourth-order valence-electron chi connectivity index (χ4n) is 1.84. The molecule has 1 saturated heterocycles. The standard InChI is InChI=1S/C11H18N4O5/c12-8(16)5-7(10(18)19)14-11(20)13-6-9(17)15-3-1-2-4-15/h7H,1-6H2,(H2,12,16)(H,18,19)(H2,13,14,20)/t7-/m0/s1. The van der Waals surface area contributed by atoms with E-state index in [0.29, 0.717) is 13.1 Å². The van der Waals surface area contributed by atoms with Crippen LogP contribution in [0.5, 0.6) is 0 Å². The van der Waals surface area contributed by atoms with Gasteiger partial charge in [0.15, 0.2) is 0 Å². The highest BCUT2D eigenvalue weighted by Gasteiger charge is 2.23. The maximum absolute atomic E-state index is 11.6. The number of rotatable bonds is 6. The summed E-state index contributed by atoms with van der Waals surface area (Å²) >= 11 is 0. The quantitative estimate of drug-likeness (QED) is 0.457. The van der Waals surface area contributed by atoms with E-state index in [1.165, 1.54) is 0 Å². The molecule has 1 fully saturated rings.